The Kier molecular flexibility index (Phi) is 4.40. The Bertz CT molecular complexity index is 472. The highest BCUT2D eigenvalue weighted by Gasteiger charge is 2.26. The lowest BCUT2D eigenvalue weighted by atomic mass is 9.85. The van der Waals surface area contributed by atoms with Gasteiger partial charge < -0.3 is 10.6 Å². The Balaban J connectivity index is 2.27. The lowest BCUT2D eigenvalue weighted by molar-refractivity contribution is 0.320. The van der Waals surface area contributed by atoms with Gasteiger partial charge >= 0.3 is 0 Å². The molecule has 1 aromatic heterocycles. The van der Waals surface area contributed by atoms with Gasteiger partial charge in [0, 0.05) is 24.3 Å². The van der Waals surface area contributed by atoms with Crippen molar-refractivity contribution in [1.82, 2.24) is 4.98 Å². The molecule has 104 valence electrons. The molecule has 0 spiro atoms. The summed E-state index contributed by atoms with van der Waals surface area (Å²) in [7, 11) is 2.14. The zero-order valence-electron chi connectivity index (χ0n) is 12.0. The number of thiocarbonyl (C=S) groups is 1. The topological polar surface area (TPSA) is 42.1 Å². The van der Waals surface area contributed by atoms with Gasteiger partial charge in [0.1, 0.15) is 10.8 Å². The quantitative estimate of drug-likeness (QED) is 0.862. The second-order valence-corrected chi connectivity index (χ2v) is 6.10. The summed E-state index contributed by atoms with van der Waals surface area (Å²) < 4.78 is 0. The highest BCUT2D eigenvalue weighted by molar-refractivity contribution is 7.80. The highest BCUT2D eigenvalue weighted by atomic mass is 32.1. The molecule has 0 aromatic carbocycles. The summed E-state index contributed by atoms with van der Waals surface area (Å²) in [4.78, 5) is 7.38. The molecule has 2 rings (SSSR count). The Morgan fingerprint density at radius 1 is 1.37 bits per heavy atom. The number of anilines is 1. The smallest absolute Gasteiger partial charge is 0.129 e. The van der Waals surface area contributed by atoms with E-state index in [0.29, 0.717) is 16.9 Å². The van der Waals surface area contributed by atoms with Crippen LogP contribution in [0.2, 0.25) is 0 Å². The van der Waals surface area contributed by atoms with Crippen molar-refractivity contribution in [1.29, 1.82) is 0 Å². The van der Waals surface area contributed by atoms with Gasteiger partial charge in [0.2, 0.25) is 0 Å². The summed E-state index contributed by atoms with van der Waals surface area (Å²) in [5, 5.41) is 0. The maximum atomic E-state index is 5.74. The van der Waals surface area contributed by atoms with E-state index in [1.54, 1.807) is 0 Å². The van der Waals surface area contributed by atoms with E-state index in [1.165, 1.54) is 25.7 Å². The van der Waals surface area contributed by atoms with Crippen molar-refractivity contribution in [2.45, 2.75) is 45.6 Å². The normalized spacial score (nSPS) is 23.1. The predicted molar refractivity (Wildman–Crippen MR) is 84.7 cm³/mol. The first-order valence-electron chi connectivity index (χ1n) is 7.00. The van der Waals surface area contributed by atoms with E-state index in [0.717, 1.165) is 17.1 Å². The van der Waals surface area contributed by atoms with Crippen molar-refractivity contribution >= 4 is 23.0 Å². The van der Waals surface area contributed by atoms with Crippen molar-refractivity contribution < 1.29 is 0 Å². The van der Waals surface area contributed by atoms with Crippen molar-refractivity contribution in [3.05, 3.63) is 23.4 Å². The monoisotopic (exact) mass is 277 g/mol. The van der Waals surface area contributed by atoms with Gasteiger partial charge in [0.15, 0.2) is 0 Å². The molecule has 1 saturated carbocycles. The lowest BCUT2D eigenvalue weighted by Crippen LogP contribution is -2.39. The van der Waals surface area contributed by atoms with Gasteiger partial charge in [-0.15, -0.1) is 0 Å². The first-order valence-corrected chi connectivity index (χ1v) is 7.41. The molecule has 0 aliphatic heterocycles. The van der Waals surface area contributed by atoms with Crippen LogP contribution < -0.4 is 10.6 Å². The van der Waals surface area contributed by atoms with Crippen molar-refractivity contribution in [3.63, 3.8) is 0 Å². The number of pyridine rings is 1. The number of aromatic nitrogens is 1. The fourth-order valence-electron chi connectivity index (χ4n) is 3.02. The average Bonchev–Trinajstić information content (AvgIpc) is 2.37. The number of nitrogens with two attached hydrogens (primary N) is 1. The SMILES string of the molecule is Cc1cc(C(N)=S)cc(N(C)C2CCCCC2C)n1. The van der Waals surface area contributed by atoms with Crippen LogP contribution in [-0.2, 0) is 0 Å². The van der Waals surface area contributed by atoms with E-state index in [-0.39, 0.29) is 0 Å². The van der Waals surface area contributed by atoms with Gasteiger partial charge in [-0.1, -0.05) is 32.0 Å². The molecule has 2 atom stereocenters. The molecule has 1 aliphatic rings. The van der Waals surface area contributed by atoms with E-state index in [1.807, 2.05) is 19.1 Å². The van der Waals surface area contributed by atoms with E-state index >= 15 is 0 Å². The fourth-order valence-corrected chi connectivity index (χ4v) is 3.13. The molecule has 2 unspecified atom stereocenters. The zero-order valence-corrected chi connectivity index (χ0v) is 12.8. The van der Waals surface area contributed by atoms with Gasteiger partial charge in [-0.25, -0.2) is 4.98 Å². The van der Waals surface area contributed by atoms with E-state index in [2.05, 4.69) is 23.9 Å². The molecule has 4 heteroatoms. The highest BCUT2D eigenvalue weighted by Crippen LogP contribution is 2.30. The van der Waals surface area contributed by atoms with Crippen LogP contribution in [0.15, 0.2) is 12.1 Å². The zero-order chi connectivity index (χ0) is 14.0. The number of nitrogens with zero attached hydrogens (tertiary/aromatic N) is 2. The Labute approximate surface area is 121 Å². The minimum Gasteiger partial charge on any atom is -0.389 e. The Morgan fingerprint density at radius 2 is 2.05 bits per heavy atom. The largest absolute Gasteiger partial charge is 0.389 e. The van der Waals surface area contributed by atoms with Gasteiger partial charge in [-0.05, 0) is 37.8 Å². The molecule has 3 nitrogen and oxygen atoms in total. The fraction of sp³-hybridized carbons (Fsp3) is 0.600. The van der Waals surface area contributed by atoms with Crippen LogP contribution in [0.4, 0.5) is 5.82 Å². The Hall–Kier alpha value is -1.16. The number of aryl methyl sites for hydroxylation is 1. The van der Waals surface area contributed by atoms with Crippen LogP contribution in [0.3, 0.4) is 0 Å². The first-order chi connectivity index (χ1) is 8.99. The molecule has 2 N–H and O–H groups in total. The number of hydrogen-bond donors (Lipinski definition) is 1. The van der Waals surface area contributed by atoms with Crippen molar-refractivity contribution in [2.75, 3.05) is 11.9 Å². The standard InChI is InChI=1S/C15H23N3S/c1-10-6-4-5-7-13(10)18(3)14-9-12(15(16)19)8-11(2)17-14/h8-10,13H,4-7H2,1-3H3,(H2,16,19). The molecular formula is C15H23N3S. The van der Waals surface area contributed by atoms with E-state index < -0.39 is 0 Å². The molecule has 0 amide bonds. The van der Waals surface area contributed by atoms with Crippen LogP contribution >= 0.6 is 12.2 Å². The molecule has 0 saturated heterocycles. The maximum Gasteiger partial charge on any atom is 0.129 e. The number of rotatable bonds is 3. The van der Waals surface area contributed by atoms with E-state index in [9.17, 15) is 0 Å². The average molecular weight is 277 g/mol. The third-order valence-corrected chi connectivity index (χ3v) is 4.39. The van der Waals surface area contributed by atoms with E-state index in [4.69, 9.17) is 18.0 Å². The van der Waals surface area contributed by atoms with Gasteiger partial charge in [0.25, 0.3) is 0 Å². The Morgan fingerprint density at radius 3 is 2.68 bits per heavy atom. The molecule has 1 fully saturated rings. The lowest BCUT2D eigenvalue weighted by Gasteiger charge is -2.37. The van der Waals surface area contributed by atoms with Crippen LogP contribution in [0.5, 0.6) is 0 Å². The summed E-state index contributed by atoms with van der Waals surface area (Å²) in [6.45, 7) is 4.33. The third kappa shape index (κ3) is 3.24. The summed E-state index contributed by atoms with van der Waals surface area (Å²) in [5.74, 6) is 1.70. The van der Waals surface area contributed by atoms with Crippen LogP contribution in [-0.4, -0.2) is 23.1 Å². The maximum absolute atomic E-state index is 5.74. The predicted octanol–water partition coefficient (Wildman–Crippen LogP) is 3.04. The van der Waals surface area contributed by atoms with Gasteiger partial charge in [0.05, 0.1) is 0 Å². The summed E-state index contributed by atoms with van der Waals surface area (Å²) in [6.07, 6.45) is 5.22. The van der Waals surface area contributed by atoms with Crippen molar-refractivity contribution in [2.24, 2.45) is 11.7 Å². The molecule has 1 heterocycles. The summed E-state index contributed by atoms with van der Waals surface area (Å²) in [6, 6.07) is 4.53. The molecular weight excluding hydrogens is 254 g/mol. The molecule has 1 aromatic rings. The molecule has 1 aliphatic carbocycles. The molecule has 0 radical (unpaired) electrons. The van der Waals surface area contributed by atoms with Crippen LogP contribution in [0.1, 0.15) is 43.9 Å². The van der Waals surface area contributed by atoms with Crippen LogP contribution in [0.25, 0.3) is 0 Å². The molecule has 19 heavy (non-hydrogen) atoms. The molecule has 0 bridgehead atoms. The first kappa shape index (κ1) is 14.3. The minimum atomic E-state index is 0.442. The third-order valence-electron chi connectivity index (χ3n) is 4.15. The summed E-state index contributed by atoms with van der Waals surface area (Å²) >= 11 is 5.08. The number of hydrogen-bond acceptors (Lipinski definition) is 3. The minimum absolute atomic E-state index is 0.442. The second-order valence-electron chi connectivity index (χ2n) is 5.66. The van der Waals surface area contributed by atoms with Crippen LogP contribution in [0, 0.1) is 12.8 Å². The van der Waals surface area contributed by atoms with Crippen molar-refractivity contribution in [3.8, 4) is 0 Å². The van der Waals surface area contributed by atoms with Gasteiger partial charge in [-0.2, -0.15) is 0 Å². The summed E-state index contributed by atoms with van der Waals surface area (Å²) in [5.41, 5.74) is 7.62. The van der Waals surface area contributed by atoms with Gasteiger partial charge in [-0.3, -0.25) is 0 Å². The second kappa shape index (κ2) is 5.87.